The van der Waals surface area contributed by atoms with E-state index in [0.29, 0.717) is 24.4 Å². The zero-order valence-electron chi connectivity index (χ0n) is 17.7. The van der Waals surface area contributed by atoms with E-state index >= 15 is 0 Å². The van der Waals surface area contributed by atoms with Crippen molar-refractivity contribution < 1.29 is 18.4 Å². The second-order valence-electron chi connectivity index (χ2n) is 8.07. The van der Waals surface area contributed by atoms with Crippen molar-refractivity contribution in [3.05, 3.63) is 77.3 Å². The molecule has 0 aliphatic carbocycles. The van der Waals surface area contributed by atoms with Crippen LogP contribution in [-0.2, 0) is 4.79 Å². The van der Waals surface area contributed by atoms with Crippen molar-refractivity contribution in [2.24, 2.45) is 0 Å². The number of likely N-dealkylation sites (tertiary alicyclic amines) is 1. The number of nitrogens with zero attached hydrogens (tertiary/aromatic N) is 3. The van der Waals surface area contributed by atoms with Crippen LogP contribution in [0.2, 0.25) is 5.15 Å². The van der Waals surface area contributed by atoms with E-state index in [9.17, 15) is 14.0 Å². The molecule has 0 saturated carbocycles. The number of halogens is 2. The Balaban J connectivity index is 1.50. The lowest BCUT2D eigenvalue weighted by molar-refractivity contribution is -0.114. The van der Waals surface area contributed by atoms with Crippen LogP contribution in [0.4, 0.5) is 10.1 Å². The first kappa shape index (κ1) is 21.2. The maximum absolute atomic E-state index is 13.6. The molecule has 1 unspecified atom stereocenters. The highest BCUT2D eigenvalue weighted by Gasteiger charge is 2.31. The Morgan fingerprint density at radius 1 is 1.24 bits per heavy atom. The summed E-state index contributed by atoms with van der Waals surface area (Å²) in [4.78, 5) is 31.3. The number of rotatable bonds is 4. The van der Waals surface area contributed by atoms with Gasteiger partial charge in [-0.15, -0.1) is 0 Å². The van der Waals surface area contributed by atoms with Gasteiger partial charge >= 0.3 is 0 Å². The fourth-order valence-corrected chi connectivity index (χ4v) is 4.50. The van der Waals surface area contributed by atoms with Crippen LogP contribution < -0.4 is 5.32 Å². The van der Waals surface area contributed by atoms with Crippen molar-refractivity contribution in [1.82, 2.24) is 14.3 Å². The van der Waals surface area contributed by atoms with Gasteiger partial charge in [-0.1, -0.05) is 23.7 Å². The maximum atomic E-state index is 13.6. The van der Waals surface area contributed by atoms with Gasteiger partial charge in [0.25, 0.3) is 5.91 Å². The van der Waals surface area contributed by atoms with E-state index in [2.05, 4.69) is 10.3 Å². The lowest BCUT2D eigenvalue weighted by Crippen LogP contribution is -2.29. The van der Waals surface area contributed by atoms with E-state index < -0.39 is 0 Å². The lowest BCUT2D eigenvalue weighted by Gasteiger charge is -2.15. The summed E-state index contributed by atoms with van der Waals surface area (Å²) in [6.45, 7) is 2.36. The number of pyridine rings is 1. The number of aromatic nitrogens is 2. The number of anilines is 1. The third-order valence-electron chi connectivity index (χ3n) is 5.83. The molecule has 1 fully saturated rings. The molecule has 33 heavy (non-hydrogen) atoms. The van der Waals surface area contributed by atoms with Crippen molar-refractivity contribution >= 4 is 34.7 Å². The van der Waals surface area contributed by atoms with Gasteiger partial charge in [0.1, 0.15) is 11.0 Å². The molecule has 0 radical (unpaired) electrons. The minimum Gasteiger partial charge on any atom is -0.472 e. The van der Waals surface area contributed by atoms with Crippen LogP contribution in [0.3, 0.4) is 0 Å². The summed E-state index contributed by atoms with van der Waals surface area (Å²) in [5, 5.41) is 2.91. The van der Waals surface area contributed by atoms with Gasteiger partial charge in [-0.2, -0.15) is 0 Å². The van der Waals surface area contributed by atoms with Gasteiger partial charge in [-0.3, -0.25) is 14.0 Å². The van der Waals surface area contributed by atoms with E-state index in [1.54, 1.807) is 46.2 Å². The molecule has 9 heteroatoms. The van der Waals surface area contributed by atoms with E-state index in [0.717, 1.165) is 23.1 Å². The Hall–Kier alpha value is -3.65. The molecule has 0 bridgehead atoms. The van der Waals surface area contributed by atoms with Gasteiger partial charge in [0, 0.05) is 43.3 Å². The summed E-state index contributed by atoms with van der Waals surface area (Å²) in [6.07, 6.45) is 5.59. The molecule has 4 heterocycles. The number of hydrogen-bond donors (Lipinski definition) is 1. The van der Waals surface area contributed by atoms with Crippen LogP contribution in [0, 0.1) is 5.82 Å². The Kier molecular flexibility index (Phi) is 5.38. The third-order valence-corrected chi connectivity index (χ3v) is 6.19. The third kappa shape index (κ3) is 3.98. The number of nitrogens with one attached hydrogen (secondary N) is 1. The van der Waals surface area contributed by atoms with Gasteiger partial charge in [0.2, 0.25) is 5.91 Å². The molecule has 168 valence electrons. The first-order valence-electron chi connectivity index (χ1n) is 10.5. The van der Waals surface area contributed by atoms with Crippen LogP contribution >= 0.6 is 11.6 Å². The molecule has 4 aromatic rings. The molecule has 0 spiro atoms. The van der Waals surface area contributed by atoms with Crippen LogP contribution in [0.5, 0.6) is 0 Å². The highest BCUT2D eigenvalue weighted by molar-refractivity contribution is 6.33. The van der Waals surface area contributed by atoms with E-state index in [1.807, 2.05) is 6.07 Å². The van der Waals surface area contributed by atoms with Crippen LogP contribution in [0.15, 0.2) is 59.5 Å². The second-order valence-corrected chi connectivity index (χ2v) is 8.43. The number of amides is 2. The van der Waals surface area contributed by atoms with Crippen molar-refractivity contribution in [3.8, 4) is 11.1 Å². The lowest BCUT2D eigenvalue weighted by atomic mass is 9.98. The smallest absolute Gasteiger partial charge is 0.275 e. The number of carbonyl (C=O) groups is 2. The fraction of sp³-hybridized carbons (Fsp3) is 0.208. The normalized spacial score (nSPS) is 15.8. The summed E-state index contributed by atoms with van der Waals surface area (Å²) in [5.41, 5.74) is 3.30. The standard InChI is InChI=1S/C24H20ClFN4O3/c1-14(31)27-20-10-18(17-6-8-33-13-17)12-30-22(25)21(28-23(20)30)24(32)29-7-5-16(11-29)15-3-2-4-19(26)9-15/h2-4,6,8-10,12-13,16H,5,7,11H2,1H3,(H,27,31). The van der Waals surface area contributed by atoms with Crippen molar-refractivity contribution in [2.75, 3.05) is 18.4 Å². The Labute approximate surface area is 193 Å². The predicted octanol–water partition coefficient (Wildman–Crippen LogP) is 4.97. The summed E-state index contributed by atoms with van der Waals surface area (Å²) >= 11 is 6.61. The number of hydrogen-bond acceptors (Lipinski definition) is 4. The number of benzene rings is 1. The molecule has 7 nitrogen and oxygen atoms in total. The first-order chi connectivity index (χ1) is 15.9. The number of carbonyl (C=O) groups excluding carboxylic acids is 2. The van der Waals surface area contributed by atoms with Crippen LogP contribution in [0.1, 0.15) is 35.3 Å². The minimum absolute atomic E-state index is 0.0445. The second kappa shape index (κ2) is 8.37. The topological polar surface area (TPSA) is 79.9 Å². The summed E-state index contributed by atoms with van der Waals surface area (Å²) < 4.78 is 20.4. The molecule has 1 aliphatic heterocycles. The minimum atomic E-state index is -0.304. The molecule has 1 aromatic carbocycles. The summed E-state index contributed by atoms with van der Waals surface area (Å²) in [7, 11) is 0. The van der Waals surface area contributed by atoms with Gasteiger partial charge in [-0.05, 0) is 36.2 Å². The van der Waals surface area contributed by atoms with Gasteiger partial charge < -0.3 is 14.6 Å². The zero-order chi connectivity index (χ0) is 23.1. The Morgan fingerprint density at radius 3 is 2.82 bits per heavy atom. The average Bonchev–Trinajstić information content (AvgIpc) is 3.54. The number of imidazole rings is 1. The van der Waals surface area contributed by atoms with Crippen LogP contribution in [0.25, 0.3) is 16.8 Å². The van der Waals surface area contributed by atoms with E-state index in [4.69, 9.17) is 16.0 Å². The molecule has 2 amide bonds. The first-order valence-corrected chi connectivity index (χ1v) is 10.8. The van der Waals surface area contributed by atoms with E-state index in [-0.39, 0.29) is 34.4 Å². The molecule has 1 aliphatic rings. The van der Waals surface area contributed by atoms with Crippen molar-refractivity contribution in [2.45, 2.75) is 19.3 Å². The van der Waals surface area contributed by atoms with Gasteiger partial charge in [0.05, 0.1) is 18.2 Å². The zero-order valence-corrected chi connectivity index (χ0v) is 18.5. The highest BCUT2D eigenvalue weighted by atomic mass is 35.5. The quantitative estimate of drug-likeness (QED) is 0.460. The van der Waals surface area contributed by atoms with Crippen molar-refractivity contribution in [3.63, 3.8) is 0 Å². The average molecular weight is 467 g/mol. The summed E-state index contributed by atoms with van der Waals surface area (Å²) in [5.74, 6) is -0.824. The van der Waals surface area contributed by atoms with Crippen molar-refractivity contribution in [1.29, 1.82) is 0 Å². The predicted molar refractivity (Wildman–Crippen MR) is 122 cm³/mol. The summed E-state index contributed by atoms with van der Waals surface area (Å²) in [6, 6.07) is 10.0. The molecule has 1 atom stereocenters. The molecule has 1 saturated heterocycles. The Bertz CT molecular complexity index is 1370. The van der Waals surface area contributed by atoms with Gasteiger partial charge in [-0.25, -0.2) is 9.37 Å². The molecule has 1 N–H and O–H groups in total. The fourth-order valence-electron chi connectivity index (χ4n) is 4.25. The largest absolute Gasteiger partial charge is 0.472 e. The van der Waals surface area contributed by atoms with E-state index in [1.165, 1.54) is 19.1 Å². The number of furan rings is 1. The molecular formula is C24H20ClFN4O3. The maximum Gasteiger partial charge on any atom is 0.275 e. The number of fused-ring (bicyclic) bond motifs is 1. The SMILES string of the molecule is CC(=O)Nc1cc(-c2ccoc2)cn2c(Cl)c(C(=O)N3CCC(c4cccc(F)c4)C3)nc12. The van der Waals surface area contributed by atoms with Crippen LogP contribution in [-0.4, -0.2) is 39.2 Å². The molecule has 5 rings (SSSR count). The monoisotopic (exact) mass is 466 g/mol. The molecule has 3 aromatic heterocycles. The highest BCUT2D eigenvalue weighted by Crippen LogP contribution is 2.33. The Morgan fingerprint density at radius 2 is 2.09 bits per heavy atom. The van der Waals surface area contributed by atoms with Gasteiger partial charge in [0.15, 0.2) is 11.3 Å². The molecular weight excluding hydrogens is 447 g/mol.